The van der Waals surface area contributed by atoms with Crippen LogP contribution < -0.4 is 19.3 Å². The molecule has 1 aromatic heterocycles. The maximum Gasteiger partial charge on any atom is 0.330 e. The number of morpholine rings is 1. The minimum atomic E-state index is -0.0785. The first-order valence-electron chi connectivity index (χ1n) is 12.2. The van der Waals surface area contributed by atoms with Gasteiger partial charge in [-0.25, -0.2) is 9.78 Å². The molecule has 2 amide bonds. The average molecular weight is 480 g/mol. The van der Waals surface area contributed by atoms with Gasteiger partial charge in [0.05, 0.1) is 64.1 Å². The van der Waals surface area contributed by atoms with Gasteiger partial charge >= 0.3 is 6.03 Å². The zero-order valence-electron chi connectivity index (χ0n) is 20.9. The highest BCUT2D eigenvalue weighted by molar-refractivity contribution is 6.19. The number of urea groups is 1. The van der Waals surface area contributed by atoms with Gasteiger partial charge in [0.1, 0.15) is 17.2 Å². The highest BCUT2D eigenvalue weighted by atomic mass is 16.5. The molecule has 5 rings (SSSR count). The number of aliphatic imine (C=N–C) groups is 1. The number of ether oxygens (including phenoxy) is 3. The maximum atomic E-state index is 13.8. The van der Waals surface area contributed by atoms with E-state index in [1.54, 1.807) is 24.0 Å². The third-order valence-corrected chi connectivity index (χ3v) is 6.64. The second-order valence-corrected chi connectivity index (χ2v) is 9.60. The Morgan fingerprint density at radius 3 is 2.46 bits per heavy atom. The molecule has 3 aliphatic heterocycles. The first-order chi connectivity index (χ1) is 17.0. The molecule has 0 radical (unpaired) electrons. The summed E-state index contributed by atoms with van der Waals surface area (Å²) in [6.07, 6.45) is 2.82. The minimum Gasteiger partial charge on any atom is -0.497 e. The van der Waals surface area contributed by atoms with Crippen LogP contribution in [0.4, 0.5) is 16.2 Å². The average Bonchev–Trinajstić information content (AvgIpc) is 3.29. The van der Waals surface area contributed by atoms with Crippen LogP contribution in [-0.4, -0.2) is 74.9 Å². The number of amidine groups is 1. The van der Waals surface area contributed by atoms with E-state index in [-0.39, 0.29) is 12.1 Å². The van der Waals surface area contributed by atoms with E-state index in [0.29, 0.717) is 49.6 Å². The van der Waals surface area contributed by atoms with E-state index < -0.39 is 0 Å². The van der Waals surface area contributed by atoms with Gasteiger partial charge in [0.25, 0.3) is 0 Å². The molecule has 35 heavy (non-hydrogen) atoms. The summed E-state index contributed by atoms with van der Waals surface area (Å²) in [5.74, 6) is 2.55. The Bertz CT molecular complexity index is 1110. The molecule has 1 aromatic carbocycles. The van der Waals surface area contributed by atoms with E-state index in [1.165, 1.54) is 0 Å². The summed E-state index contributed by atoms with van der Waals surface area (Å²) in [6, 6.07) is 7.77. The second-order valence-electron chi connectivity index (χ2n) is 9.60. The molecule has 1 atom stereocenters. The van der Waals surface area contributed by atoms with Crippen LogP contribution in [0.25, 0.3) is 0 Å². The lowest BCUT2D eigenvalue weighted by atomic mass is 10.0. The van der Waals surface area contributed by atoms with E-state index in [9.17, 15) is 4.79 Å². The van der Waals surface area contributed by atoms with Crippen LogP contribution in [0.1, 0.15) is 31.5 Å². The molecule has 0 saturated carbocycles. The van der Waals surface area contributed by atoms with Gasteiger partial charge in [-0.05, 0) is 36.1 Å². The maximum absolute atomic E-state index is 13.8. The van der Waals surface area contributed by atoms with E-state index >= 15 is 0 Å². The first kappa shape index (κ1) is 23.4. The van der Waals surface area contributed by atoms with Gasteiger partial charge in [0.2, 0.25) is 0 Å². The Labute approximate surface area is 206 Å². The normalized spacial score (nSPS) is 19.6. The number of rotatable bonds is 7. The molecular weight excluding hydrogens is 446 g/mol. The van der Waals surface area contributed by atoms with Gasteiger partial charge in [0.15, 0.2) is 5.84 Å². The SMILES string of the molecule is COc1cc(CN2C(=O)N3CC(CC(C)C)N=C3c3ncc(N4CCOCC4)cc32)cc(OC)c1. The number of amides is 2. The van der Waals surface area contributed by atoms with Gasteiger partial charge in [-0.15, -0.1) is 0 Å². The second kappa shape index (κ2) is 9.73. The van der Waals surface area contributed by atoms with E-state index in [0.717, 1.165) is 42.1 Å². The molecule has 0 spiro atoms. The summed E-state index contributed by atoms with van der Waals surface area (Å²) in [6.45, 7) is 8.27. The molecule has 1 unspecified atom stereocenters. The largest absolute Gasteiger partial charge is 0.497 e. The van der Waals surface area contributed by atoms with Gasteiger partial charge in [-0.1, -0.05) is 13.8 Å². The summed E-state index contributed by atoms with van der Waals surface area (Å²) < 4.78 is 16.4. The number of methoxy groups -OCH3 is 2. The van der Waals surface area contributed by atoms with Crippen molar-refractivity contribution in [3.05, 3.63) is 41.7 Å². The van der Waals surface area contributed by atoms with Crippen molar-refractivity contribution >= 4 is 23.2 Å². The highest BCUT2D eigenvalue weighted by Crippen LogP contribution is 2.36. The summed E-state index contributed by atoms with van der Waals surface area (Å²) in [7, 11) is 3.25. The molecule has 4 heterocycles. The van der Waals surface area contributed by atoms with Crippen LogP contribution in [-0.2, 0) is 11.3 Å². The van der Waals surface area contributed by atoms with Crippen molar-refractivity contribution in [1.82, 2.24) is 9.88 Å². The van der Waals surface area contributed by atoms with Crippen molar-refractivity contribution in [3.63, 3.8) is 0 Å². The number of benzene rings is 1. The number of carbonyl (C=O) groups is 1. The Kier molecular flexibility index (Phi) is 6.51. The Morgan fingerprint density at radius 2 is 1.80 bits per heavy atom. The smallest absolute Gasteiger partial charge is 0.330 e. The zero-order valence-corrected chi connectivity index (χ0v) is 20.9. The van der Waals surface area contributed by atoms with E-state index in [2.05, 4.69) is 24.8 Å². The first-order valence-corrected chi connectivity index (χ1v) is 12.2. The summed E-state index contributed by atoms with van der Waals surface area (Å²) in [5, 5.41) is 0. The fourth-order valence-electron chi connectivity index (χ4n) is 4.97. The van der Waals surface area contributed by atoms with E-state index in [1.807, 2.05) is 24.4 Å². The lowest BCUT2D eigenvalue weighted by Crippen LogP contribution is -2.50. The van der Waals surface area contributed by atoms with Crippen LogP contribution in [0.5, 0.6) is 11.5 Å². The van der Waals surface area contributed by atoms with Crippen molar-refractivity contribution in [1.29, 1.82) is 0 Å². The molecule has 3 aliphatic rings. The molecule has 1 fully saturated rings. The number of fused-ring (bicyclic) bond motifs is 3. The van der Waals surface area contributed by atoms with Crippen molar-refractivity contribution in [3.8, 4) is 11.5 Å². The van der Waals surface area contributed by atoms with Gasteiger partial charge in [-0.3, -0.25) is 14.8 Å². The van der Waals surface area contributed by atoms with Crippen molar-refractivity contribution in [2.24, 2.45) is 10.9 Å². The van der Waals surface area contributed by atoms with Crippen LogP contribution in [0.3, 0.4) is 0 Å². The third kappa shape index (κ3) is 4.65. The molecule has 0 bridgehead atoms. The Hall–Kier alpha value is -3.33. The molecule has 2 aromatic rings. The lowest BCUT2D eigenvalue weighted by molar-refractivity contribution is 0.122. The number of aromatic nitrogens is 1. The molecule has 186 valence electrons. The van der Waals surface area contributed by atoms with Gasteiger partial charge in [0, 0.05) is 19.2 Å². The predicted molar refractivity (Wildman–Crippen MR) is 135 cm³/mol. The molecular formula is C26H33N5O4. The number of hydrogen-bond acceptors (Lipinski definition) is 7. The van der Waals surface area contributed by atoms with Crippen LogP contribution in [0, 0.1) is 5.92 Å². The Morgan fingerprint density at radius 1 is 1.09 bits per heavy atom. The monoisotopic (exact) mass is 479 g/mol. The molecule has 0 N–H and O–H groups in total. The van der Waals surface area contributed by atoms with E-state index in [4.69, 9.17) is 24.2 Å². The molecule has 9 nitrogen and oxygen atoms in total. The summed E-state index contributed by atoms with van der Waals surface area (Å²) in [5.41, 5.74) is 3.43. The Balaban J connectivity index is 1.55. The number of hydrogen-bond donors (Lipinski definition) is 0. The van der Waals surface area contributed by atoms with Crippen LogP contribution in [0.15, 0.2) is 35.5 Å². The molecule has 0 aliphatic carbocycles. The quantitative estimate of drug-likeness (QED) is 0.604. The summed E-state index contributed by atoms with van der Waals surface area (Å²) >= 11 is 0. The number of pyridine rings is 1. The molecule has 1 saturated heterocycles. The van der Waals surface area contributed by atoms with Crippen LogP contribution in [0.2, 0.25) is 0 Å². The van der Waals surface area contributed by atoms with Crippen molar-refractivity contribution in [2.75, 3.05) is 56.9 Å². The van der Waals surface area contributed by atoms with Crippen LogP contribution >= 0.6 is 0 Å². The fraction of sp³-hybridized carbons (Fsp3) is 0.500. The summed E-state index contributed by atoms with van der Waals surface area (Å²) in [4.78, 5) is 29.5. The number of anilines is 2. The standard InChI is InChI=1S/C26H33N5O4/c1-17(2)9-19-16-31-25(28-19)24-23(12-20(14-27-24)29-5-7-35-8-6-29)30(26(31)32)15-18-10-21(33-3)13-22(11-18)34-4/h10-14,17,19H,5-9,15-16H2,1-4H3. The highest BCUT2D eigenvalue weighted by Gasteiger charge is 2.41. The van der Waals surface area contributed by atoms with Gasteiger partial charge in [-0.2, -0.15) is 0 Å². The topological polar surface area (TPSA) is 79.7 Å². The number of nitrogens with zero attached hydrogens (tertiary/aromatic N) is 5. The third-order valence-electron chi connectivity index (χ3n) is 6.64. The van der Waals surface area contributed by atoms with Crippen molar-refractivity contribution < 1.29 is 19.0 Å². The van der Waals surface area contributed by atoms with Crippen molar-refractivity contribution in [2.45, 2.75) is 32.9 Å². The zero-order chi connectivity index (χ0) is 24.5. The molecule has 9 heteroatoms. The minimum absolute atomic E-state index is 0.0785. The fourth-order valence-corrected chi connectivity index (χ4v) is 4.97. The lowest BCUT2D eigenvalue weighted by Gasteiger charge is -2.36. The number of carbonyl (C=O) groups excluding carboxylic acids is 1. The van der Waals surface area contributed by atoms with Gasteiger partial charge < -0.3 is 19.1 Å². The predicted octanol–water partition coefficient (Wildman–Crippen LogP) is 3.55.